The van der Waals surface area contributed by atoms with Gasteiger partial charge in [-0.25, -0.2) is 4.39 Å². The van der Waals surface area contributed by atoms with Crippen LogP contribution >= 0.6 is 11.8 Å². The van der Waals surface area contributed by atoms with E-state index in [1.165, 1.54) is 51.3 Å². The van der Waals surface area contributed by atoms with Crippen LogP contribution in [0.15, 0.2) is 24.3 Å². The highest BCUT2D eigenvalue weighted by molar-refractivity contribution is 8.00. The third-order valence-corrected chi connectivity index (χ3v) is 7.73. The van der Waals surface area contributed by atoms with Crippen LogP contribution in [0.25, 0.3) is 0 Å². The van der Waals surface area contributed by atoms with E-state index in [0.717, 1.165) is 44.2 Å². The Hall–Kier alpha value is -1.11. The molecule has 154 valence electrons. The zero-order chi connectivity index (χ0) is 19.3. The quantitative estimate of drug-likeness (QED) is 0.720. The summed E-state index contributed by atoms with van der Waals surface area (Å²) in [5.74, 6) is 0.455. The zero-order valence-corrected chi connectivity index (χ0v) is 17.5. The van der Waals surface area contributed by atoms with Gasteiger partial charge in [0, 0.05) is 38.8 Å². The number of carbonyl (C=O) groups excluding carboxylic acids is 1. The Labute approximate surface area is 172 Å². The van der Waals surface area contributed by atoms with Gasteiger partial charge in [-0.2, -0.15) is 0 Å². The molecule has 3 fully saturated rings. The first-order valence-electron chi connectivity index (χ1n) is 10.8. The second kappa shape index (κ2) is 9.59. The van der Waals surface area contributed by atoms with Crippen LogP contribution in [-0.2, 0) is 4.79 Å². The van der Waals surface area contributed by atoms with E-state index in [4.69, 9.17) is 0 Å². The number of amides is 1. The van der Waals surface area contributed by atoms with Gasteiger partial charge in [-0.1, -0.05) is 31.4 Å². The smallest absolute Gasteiger partial charge is 0.233 e. The van der Waals surface area contributed by atoms with E-state index < -0.39 is 0 Å². The third kappa shape index (κ3) is 4.89. The largest absolute Gasteiger partial charge is 0.326 e. The highest BCUT2D eigenvalue weighted by Crippen LogP contribution is 2.38. The first-order chi connectivity index (χ1) is 13.7. The van der Waals surface area contributed by atoms with Crippen molar-refractivity contribution in [1.29, 1.82) is 0 Å². The fourth-order valence-corrected chi connectivity index (χ4v) is 6.10. The number of rotatable bonds is 6. The zero-order valence-electron chi connectivity index (χ0n) is 16.7. The van der Waals surface area contributed by atoms with Crippen molar-refractivity contribution in [3.63, 3.8) is 0 Å². The molecule has 1 unspecified atom stereocenters. The Morgan fingerprint density at radius 1 is 1.04 bits per heavy atom. The summed E-state index contributed by atoms with van der Waals surface area (Å²) in [5.41, 5.74) is 0.900. The molecule has 0 aromatic heterocycles. The Morgan fingerprint density at radius 3 is 2.57 bits per heavy atom. The summed E-state index contributed by atoms with van der Waals surface area (Å²) in [6.07, 6.45) is 7.98. The van der Waals surface area contributed by atoms with Crippen LogP contribution < -0.4 is 0 Å². The van der Waals surface area contributed by atoms with Crippen LogP contribution in [0.2, 0.25) is 0 Å². The highest BCUT2D eigenvalue weighted by Gasteiger charge is 2.32. The molecule has 2 saturated heterocycles. The Balaban J connectivity index is 1.23. The summed E-state index contributed by atoms with van der Waals surface area (Å²) >= 11 is 1.61. The predicted molar refractivity (Wildman–Crippen MR) is 113 cm³/mol. The van der Waals surface area contributed by atoms with Gasteiger partial charge in [0.05, 0.1) is 5.75 Å². The summed E-state index contributed by atoms with van der Waals surface area (Å²) in [7, 11) is 0. The Morgan fingerprint density at radius 2 is 1.82 bits per heavy atom. The van der Waals surface area contributed by atoms with Gasteiger partial charge in [-0.3, -0.25) is 9.69 Å². The van der Waals surface area contributed by atoms with Gasteiger partial charge in [0.25, 0.3) is 0 Å². The highest BCUT2D eigenvalue weighted by atomic mass is 32.2. The fourth-order valence-electron chi connectivity index (χ4n) is 4.90. The maximum atomic E-state index is 13.6. The van der Waals surface area contributed by atoms with Crippen LogP contribution in [-0.4, -0.2) is 71.7 Å². The van der Waals surface area contributed by atoms with E-state index >= 15 is 0 Å². The van der Waals surface area contributed by atoms with Gasteiger partial charge in [0.15, 0.2) is 0 Å². The molecule has 6 heteroatoms. The molecule has 3 aliphatic rings. The molecule has 4 nitrogen and oxygen atoms in total. The first kappa shape index (κ1) is 20.2. The van der Waals surface area contributed by atoms with E-state index in [2.05, 4.69) is 9.80 Å². The molecule has 0 radical (unpaired) electrons. The van der Waals surface area contributed by atoms with Crippen LogP contribution in [0.1, 0.15) is 49.5 Å². The average molecular weight is 406 g/mol. The van der Waals surface area contributed by atoms with Gasteiger partial charge in [0.1, 0.15) is 11.2 Å². The van der Waals surface area contributed by atoms with Crippen molar-refractivity contribution in [1.82, 2.24) is 14.7 Å². The van der Waals surface area contributed by atoms with Crippen molar-refractivity contribution in [2.45, 2.75) is 49.9 Å². The second-order valence-corrected chi connectivity index (χ2v) is 9.40. The minimum absolute atomic E-state index is 0.0358. The Bertz CT molecular complexity index is 659. The molecule has 1 aliphatic carbocycles. The lowest BCUT2D eigenvalue weighted by molar-refractivity contribution is -0.128. The molecule has 0 N–H and O–H groups in total. The van der Waals surface area contributed by atoms with E-state index in [1.54, 1.807) is 23.9 Å². The molecule has 4 rings (SSSR count). The van der Waals surface area contributed by atoms with E-state index in [0.29, 0.717) is 5.75 Å². The van der Waals surface area contributed by atoms with Gasteiger partial charge in [-0.05, 0) is 43.5 Å². The Kier molecular flexibility index (Phi) is 6.91. The number of carbonyl (C=O) groups is 1. The second-order valence-electron chi connectivity index (χ2n) is 8.33. The molecule has 2 heterocycles. The lowest BCUT2D eigenvalue weighted by Crippen LogP contribution is -2.51. The maximum Gasteiger partial charge on any atom is 0.233 e. The molecule has 1 aromatic rings. The molecule has 1 atom stereocenters. The number of hydrogen-bond acceptors (Lipinski definition) is 4. The normalized spacial score (nSPS) is 25.5. The van der Waals surface area contributed by atoms with Gasteiger partial charge < -0.3 is 9.80 Å². The van der Waals surface area contributed by atoms with Gasteiger partial charge >= 0.3 is 0 Å². The molecule has 0 bridgehead atoms. The summed E-state index contributed by atoms with van der Waals surface area (Å²) in [5, 5.41) is -0.0358. The number of halogens is 1. The number of thioether (sulfide) groups is 1. The molecular weight excluding hydrogens is 373 g/mol. The number of piperazine rings is 1. The van der Waals surface area contributed by atoms with Crippen molar-refractivity contribution in [2.75, 3.05) is 45.0 Å². The molecule has 0 spiro atoms. The van der Waals surface area contributed by atoms with Crippen molar-refractivity contribution >= 4 is 17.7 Å². The molecule has 28 heavy (non-hydrogen) atoms. The monoisotopic (exact) mass is 405 g/mol. The van der Waals surface area contributed by atoms with Crippen LogP contribution in [0, 0.1) is 5.82 Å². The summed E-state index contributed by atoms with van der Waals surface area (Å²) in [6.45, 7) is 6.47. The van der Waals surface area contributed by atoms with Crippen molar-refractivity contribution in [3.05, 3.63) is 35.6 Å². The lowest BCUT2D eigenvalue weighted by atomic mass is 9.94. The molecule has 1 amide bonds. The van der Waals surface area contributed by atoms with E-state index in [-0.39, 0.29) is 17.1 Å². The number of benzene rings is 1. The number of hydrogen-bond donors (Lipinski definition) is 0. The SMILES string of the molecule is O=C1CSC(c2cccc(F)c2)N1CCCN1CCN(C2CCCCC2)CC1. The molecular formula is C22H32FN3OS. The van der Waals surface area contributed by atoms with Crippen molar-refractivity contribution in [2.24, 2.45) is 0 Å². The topological polar surface area (TPSA) is 26.8 Å². The summed E-state index contributed by atoms with van der Waals surface area (Å²) in [4.78, 5) is 19.5. The molecule has 2 aliphatic heterocycles. The summed E-state index contributed by atoms with van der Waals surface area (Å²) < 4.78 is 13.6. The van der Waals surface area contributed by atoms with Crippen molar-refractivity contribution < 1.29 is 9.18 Å². The average Bonchev–Trinajstić information content (AvgIpc) is 3.10. The van der Waals surface area contributed by atoms with Crippen LogP contribution in [0.4, 0.5) is 4.39 Å². The standard InChI is InChI=1S/C22H32FN3OS/c23-19-7-4-6-18(16-19)22-26(21(27)17-28-22)11-5-10-24-12-14-25(15-13-24)20-8-2-1-3-9-20/h4,6-7,16,20,22H,1-3,5,8-15,17H2. The maximum absolute atomic E-state index is 13.6. The van der Waals surface area contributed by atoms with E-state index in [9.17, 15) is 9.18 Å². The first-order valence-corrected chi connectivity index (χ1v) is 11.9. The van der Waals surface area contributed by atoms with Crippen molar-refractivity contribution in [3.8, 4) is 0 Å². The fraction of sp³-hybridized carbons (Fsp3) is 0.682. The number of nitrogens with zero attached hydrogens (tertiary/aromatic N) is 3. The van der Waals surface area contributed by atoms with Crippen LogP contribution in [0.3, 0.4) is 0 Å². The summed E-state index contributed by atoms with van der Waals surface area (Å²) in [6, 6.07) is 7.51. The van der Waals surface area contributed by atoms with Gasteiger partial charge in [0.2, 0.25) is 5.91 Å². The van der Waals surface area contributed by atoms with E-state index in [1.807, 2.05) is 11.0 Å². The van der Waals surface area contributed by atoms with Gasteiger partial charge in [-0.15, -0.1) is 11.8 Å². The molecule has 1 aromatic carbocycles. The minimum atomic E-state index is -0.228. The van der Waals surface area contributed by atoms with Crippen LogP contribution in [0.5, 0.6) is 0 Å². The minimum Gasteiger partial charge on any atom is -0.326 e. The lowest BCUT2D eigenvalue weighted by Gasteiger charge is -2.41. The predicted octanol–water partition coefficient (Wildman–Crippen LogP) is 3.74. The molecule has 1 saturated carbocycles. The third-order valence-electron chi connectivity index (χ3n) is 6.47.